The molecule has 0 amide bonds. The smallest absolute Gasteiger partial charge is 0.330 e. The summed E-state index contributed by atoms with van der Waals surface area (Å²) < 4.78 is 9.67. The summed E-state index contributed by atoms with van der Waals surface area (Å²) in [5, 5.41) is 17.9. The number of nitrogens with one attached hydrogen (secondary N) is 1. The second-order valence-corrected chi connectivity index (χ2v) is 4.92. The van der Waals surface area contributed by atoms with Crippen molar-refractivity contribution in [1.82, 2.24) is 4.90 Å². The van der Waals surface area contributed by atoms with Crippen molar-refractivity contribution >= 4 is 11.9 Å². The highest BCUT2D eigenvalue weighted by atomic mass is 16.5. The van der Waals surface area contributed by atoms with E-state index in [1.165, 1.54) is 4.90 Å². The maximum atomic E-state index is 10.4. The summed E-state index contributed by atoms with van der Waals surface area (Å²) in [4.78, 5) is 23.7. The topological polar surface area (TPSA) is 104 Å². The number of carbonyl (C=O) groups is 2. The van der Waals surface area contributed by atoms with Gasteiger partial charge in [0, 0.05) is 12.6 Å². The fourth-order valence-electron chi connectivity index (χ4n) is 0.956. The zero-order chi connectivity index (χ0) is 17.4. The van der Waals surface area contributed by atoms with Crippen LogP contribution in [0.5, 0.6) is 0 Å². The number of hydrogen-bond donors (Lipinski definition) is 2. The summed E-state index contributed by atoms with van der Waals surface area (Å²) in [5.74, 6) is -2.28. The van der Waals surface area contributed by atoms with Gasteiger partial charge in [-0.15, -0.1) is 0 Å². The molecule has 0 bridgehead atoms. The number of nitrogens with zero attached hydrogens (tertiary/aromatic N) is 1. The molecule has 0 spiro atoms. The van der Waals surface area contributed by atoms with Crippen molar-refractivity contribution in [1.29, 1.82) is 0 Å². The van der Waals surface area contributed by atoms with Gasteiger partial charge in [-0.05, 0) is 20.2 Å². The van der Waals surface area contributed by atoms with E-state index in [1.54, 1.807) is 0 Å². The van der Waals surface area contributed by atoms with E-state index in [0.29, 0.717) is 12.2 Å². The van der Waals surface area contributed by atoms with Crippen LogP contribution in [-0.4, -0.2) is 89.7 Å². The molecule has 0 fully saturated rings. The lowest BCUT2D eigenvalue weighted by Gasteiger charge is -2.10. The van der Waals surface area contributed by atoms with Gasteiger partial charge >= 0.3 is 5.97 Å². The molecule has 130 valence electrons. The van der Waals surface area contributed by atoms with E-state index in [9.17, 15) is 14.7 Å². The summed E-state index contributed by atoms with van der Waals surface area (Å²) in [6.07, 6.45) is 1.27. The SMILES string of the molecule is CN(C)CCOCC[NH+](C)C.O=C([O-])/C=C\C(=O)OCCO. The van der Waals surface area contributed by atoms with Crippen LogP contribution in [0, 0.1) is 0 Å². The van der Waals surface area contributed by atoms with Gasteiger partial charge in [0.2, 0.25) is 0 Å². The van der Waals surface area contributed by atoms with Gasteiger partial charge in [-0.1, -0.05) is 0 Å². The molecule has 0 atom stereocenters. The molecule has 0 saturated carbocycles. The molecule has 8 nitrogen and oxygen atoms in total. The van der Waals surface area contributed by atoms with Crippen molar-refractivity contribution in [3.05, 3.63) is 12.2 Å². The zero-order valence-electron chi connectivity index (χ0n) is 13.8. The van der Waals surface area contributed by atoms with E-state index in [4.69, 9.17) is 9.84 Å². The third-order valence-corrected chi connectivity index (χ3v) is 2.12. The summed E-state index contributed by atoms with van der Waals surface area (Å²) in [6, 6.07) is 0. The molecule has 0 aliphatic carbocycles. The van der Waals surface area contributed by atoms with Crippen molar-refractivity contribution in [3.63, 3.8) is 0 Å². The molecule has 22 heavy (non-hydrogen) atoms. The number of hydrogen-bond acceptors (Lipinski definition) is 7. The molecule has 8 heteroatoms. The van der Waals surface area contributed by atoms with Gasteiger partial charge in [0.1, 0.15) is 13.2 Å². The van der Waals surface area contributed by atoms with Crippen molar-refractivity contribution in [2.24, 2.45) is 0 Å². The minimum absolute atomic E-state index is 0.143. The number of carboxylic acid groups (broad SMARTS) is 1. The summed E-state index contributed by atoms with van der Waals surface area (Å²) in [6.45, 7) is 3.40. The summed E-state index contributed by atoms with van der Waals surface area (Å²) in [5.41, 5.74) is 0. The first-order chi connectivity index (χ1) is 10.3. The first-order valence-corrected chi connectivity index (χ1v) is 6.97. The molecule has 0 aliphatic heterocycles. The first-order valence-electron chi connectivity index (χ1n) is 6.97. The predicted octanol–water partition coefficient (Wildman–Crippen LogP) is -3.46. The molecular formula is C14H28N2O6. The Morgan fingerprint density at radius 3 is 2.27 bits per heavy atom. The van der Waals surface area contributed by atoms with Crippen LogP contribution in [0.2, 0.25) is 0 Å². The number of carbonyl (C=O) groups excluding carboxylic acids is 2. The summed E-state index contributed by atoms with van der Waals surface area (Å²) in [7, 11) is 8.38. The molecule has 0 radical (unpaired) electrons. The normalized spacial score (nSPS) is 10.7. The molecule has 0 aliphatic rings. The molecule has 0 unspecified atom stereocenters. The Morgan fingerprint density at radius 2 is 1.82 bits per heavy atom. The van der Waals surface area contributed by atoms with E-state index in [2.05, 4.69) is 37.8 Å². The number of aliphatic hydroxyl groups is 1. The lowest BCUT2D eigenvalue weighted by Crippen LogP contribution is -3.06. The van der Waals surface area contributed by atoms with E-state index in [0.717, 1.165) is 26.3 Å². The Bertz CT molecular complexity index is 308. The maximum Gasteiger partial charge on any atom is 0.330 e. The van der Waals surface area contributed by atoms with Crippen molar-refractivity contribution in [2.75, 3.05) is 67.7 Å². The Balaban J connectivity index is 0. The van der Waals surface area contributed by atoms with Gasteiger partial charge < -0.3 is 34.3 Å². The van der Waals surface area contributed by atoms with Gasteiger partial charge in [0.15, 0.2) is 0 Å². The standard InChI is InChI=1S/C8H20N2O.C6H8O5/c1-9(2)5-7-11-8-6-10(3)4;7-3-4-11-6(10)2-1-5(8)9/h5-8H2,1-4H3;1-2,7H,3-4H2,(H,8,9)/b;2-1-. The molecule has 2 N–H and O–H groups in total. The fourth-order valence-corrected chi connectivity index (χ4v) is 0.956. The average Bonchev–Trinajstić information content (AvgIpc) is 2.42. The Morgan fingerprint density at radius 1 is 1.18 bits per heavy atom. The lowest BCUT2D eigenvalue weighted by atomic mass is 10.5. The van der Waals surface area contributed by atoms with Gasteiger partial charge in [0.05, 0.1) is 39.9 Å². The van der Waals surface area contributed by atoms with E-state index < -0.39 is 11.9 Å². The van der Waals surface area contributed by atoms with Crippen molar-refractivity contribution in [2.45, 2.75) is 0 Å². The third kappa shape index (κ3) is 23.6. The Hall–Kier alpha value is -1.48. The van der Waals surface area contributed by atoms with Gasteiger partial charge in [-0.25, -0.2) is 4.79 Å². The monoisotopic (exact) mass is 320 g/mol. The van der Waals surface area contributed by atoms with Crippen LogP contribution in [-0.2, 0) is 19.1 Å². The first kappa shape index (κ1) is 22.8. The lowest BCUT2D eigenvalue weighted by molar-refractivity contribution is -0.858. The fraction of sp³-hybridized carbons (Fsp3) is 0.714. The predicted molar refractivity (Wildman–Crippen MR) is 79.2 cm³/mol. The summed E-state index contributed by atoms with van der Waals surface area (Å²) >= 11 is 0. The molecule has 0 rings (SSSR count). The highest BCUT2D eigenvalue weighted by Crippen LogP contribution is 1.79. The molecule has 0 heterocycles. The molecule has 0 aromatic rings. The number of aliphatic carboxylic acids is 1. The minimum Gasteiger partial charge on any atom is -0.545 e. The van der Waals surface area contributed by atoms with Crippen LogP contribution in [0.15, 0.2) is 12.2 Å². The number of carboxylic acids is 1. The second-order valence-electron chi connectivity index (χ2n) is 4.92. The zero-order valence-corrected chi connectivity index (χ0v) is 13.8. The highest BCUT2D eigenvalue weighted by molar-refractivity contribution is 5.89. The van der Waals surface area contributed by atoms with Crippen LogP contribution in [0.3, 0.4) is 0 Å². The van der Waals surface area contributed by atoms with Gasteiger partial charge in [0.25, 0.3) is 0 Å². The Labute approximate surface area is 131 Å². The van der Waals surface area contributed by atoms with Crippen LogP contribution >= 0.6 is 0 Å². The van der Waals surface area contributed by atoms with Crippen molar-refractivity contribution in [3.8, 4) is 0 Å². The molecular weight excluding hydrogens is 292 g/mol. The number of rotatable bonds is 10. The average molecular weight is 320 g/mol. The maximum absolute atomic E-state index is 10.4. The highest BCUT2D eigenvalue weighted by Gasteiger charge is 1.94. The minimum atomic E-state index is -1.47. The van der Waals surface area contributed by atoms with E-state index in [-0.39, 0.29) is 13.2 Å². The van der Waals surface area contributed by atoms with E-state index in [1.807, 2.05) is 0 Å². The van der Waals surface area contributed by atoms with Gasteiger partial charge in [-0.2, -0.15) is 0 Å². The van der Waals surface area contributed by atoms with Crippen LogP contribution in [0.25, 0.3) is 0 Å². The number of quaternary nitrogens is 1. The number of esters is 1. The van der Waals surface area contributed by atoms with Crippen LogP contribution in [0.4, 0.5) is 0 Å². The molecule has 0 aromatic heterocycles. The molecule has 0 aromatic carbocycles. The van der Waals surface area contributed by atoms with Crippen LogP contribution < -0.4 is 10.0 Å². The third-order valence-electron chi connectivity index (χ3n) is 2.12. The molecule has 0 saturated heterocycles. The number of ether oxygens (including phenoxy) is 2. The van der Waals surface area contributed by atoms with Crippen LogP contribution in [0.1, 0.15) is 0 Å². The Kier molecular flexibility index (Phi) is 16.5. The van der Waals surface area contributed by atoms with E-state index >= 15 is 0 Å². The number of likely N-dealkylation sites (N-methyl/N-ethyl adjacent to an activating group) is 2. The quantitative estimate of drug-likeness (QED) is 0.245. The largest absolute Gasteiger partial charge is 0.545 e. The van der Waals surface area contributed by atoms with Gasteiger partial charge in [-0.3, -0.25) is 0 Å². The second kappa shape index (κ2) is 15.9. The van der Waals surface area contributed by atoms with Crippen molar-refractivity contribution < 1.29 is 34.2 Å². The number of aliphatic hydroxyl groups excluding tert-OH is 1.